The van der Waals surface area contributed by atoms with Crippen LogP contribution in [-0.4, -0.2) is 30.6 Å². The number of hydrogen-bond acceptors (Lipinski definition) is 2. The fraction of sp³-hybridized carbons (Fsp3) is 0.579. The van der Waals surface area contributed by atoms with Crippen LogP contribution < -0.4 is 15.5 Å². The van der Waals surface area contributed by atoms with Crippen LogP contribution in [0.1, 0.15) is 49.7 Å². The molecule has 1 saturated carbocycles. The fourth-order valence-corrected chi connectivity index (χ4v) is 3.61. The van der Waals surface area contributed by atoms with Crippen molar-refractivity contribution < 1.29 is 9.59 Å². The summed E-state index contributed by atoms with van der Waals surface area (Å²) in [7, 11) is 0. The van der Waals surface area contributed by atoms with Gasteiger partial charge in [0.25, 0.3) is 0 Å². The normalized spacial score (nSPS) is 21.8. The smallest absolute Gasteiger partial charge is 0.315 e. The molecule has 1 atom stereocenters. The Bertz CT molecular complexity index is 623. The lowest BCUT2D eigenvalue weighted by Crippen LogP contribution is -2.47. The predicted octanol–water partition coefficient (Wildman–Crippen LogP) is 3.04. The maximum atomic E-state index is 12.3. The van der Waals surface area contributed by atoms with Gasteiger partial charge in [0.05, 0.1) is 6.04 Å². The topological polar surface area (TPSA) is 61.4 Å². The monoisotopic (exact) mass is 329 g/mol. The summed E-state index contributed by atoms with van der Waals surface area (Å²) in [5, 5.41) is 6.02. The summed E-state index contributed by atoms with van der Waals surface area (Å²) in [6.07, 6.45) is 6.13. The van der Waals surface area contributed by atoms with Gasteiger partial charge in [0.2, 0.25) is 5.91 Å². The number of carbonyl (C=O) groups excluding carboxylic acids is 2. The third kappa shape index (κ3) is 3.89. The number of benzene rings is 1. The molecule has 0 bridgehead atoms. The van der Waals surface area contributed by atoms with Crippen molar-refractivity contribution in [3.05, 3.63) is 29.3 Å². The van der Waals surface area contributed by atoms with E-state index in [4.69, 9.17) is 0 Å². The largest absolute Gasteiger partial charge is 0.335 e. The molecule has 5 heteroatoms. The number of amides is 3. The van der Waals surface area contributed by atoms with Gasteiger partial charge in [-0.05, 0) is 49.9 Å². The SMILES string of the molecule is Cc1ccc(N2C[C@H](NC(=O)NC3CCCCC3)CC2=O)cc1C. The molecule has 24 heavy (non-hydrogen) atoms. The molecule has 1 aromatic rings. The third-order valence-corrected chi connectivity index (χ3v) is 5.20. The average molecular weight is 329 g/mol. The lowest BCUT2D eigenvalue weighted by Gasteiger charge is -2.24. The summed E-state index contributed by atoms with van der Waals surface area (Å²) in [6, 6.07) is 6.08. The van der Waals surface area contributed by atoms with Crippen molar-refractivity contribution in [2.75, 3.05) is 11.4 Å². The van der Waals surface area contributed by atoms with Crippen LogP contribution in [0.3, 0.4) is 0 Å². The van der Waals surface area contributed by atoms with Crippen molar-refractivity contribution in [2.24, 2.45) is 0 Å². The Morgan fingerprint density at radius 1 is 1.04 bits per heavy atom. The number of hydrogen-bond donors (Lipinski definition) is 2. The average Bonchev–Trinajstić information content (AvgIpc) is 2.91. The number of nitrogens with zero attached hydrogens (tertiary/aromatic N) is 1. The first-order valence-corrected chi connectivity index (χ1v) is 8.97. The van der Waals surface area contributed by atoms with Crippen LogP contribution in [0.15, 0.2) is 18.2 Å². The zero-order valence-electron chi connectivity index (χ0n) is 14.6. The molecule has 2 aliphatic rings. The van der Waals surface area contributed by atoms with Crippen LogP contribution in [-0.2, 0) is 4.79 Å². The summed E-state index contributed by atoms with van der Waals surface area (Å²) in [6.45, 7) is 4.65. The van der Waals surface area contributed by atoms with E-state index in [9.17, 15) is 9.59 Å². The minimum absolute atomic E-state index is 0.0706. The summed E-state index contributed by atoms with van der Waals surface area (Å²) in [4.78, 5) is 26.2. The highest BCUT2D eigenvalue weighted by atomic mass is 16.2. The van der Waals surface area contributed by atoms with E-state index in [0.717, 1.165) is 18.5 Å². The quantitative estimate of drug-likeness (QED) is 0.895. The number of aryl methyl sites for hydroxylation is 2. The fourth-order valence-electron chi connectivity index (χ4n) is 3.61. The van der Waals surface area contributed by atoms with Crippen LogP contribution in [0, 0.1) is 13.8 Å². The van der Waals surface area contributed by atoms with Crippen LogP contribution in [0.5, 0.6) is 0 Å². The van der Waals surface area contributed by atoms with Gasteiger partial charge in [-0.1, -0.05) is 25.3 Å². The van der Waals surface area contributed by atoms with Crippen LogP contribution in [0.25, 0.3) is 0 Å². The van der Waals surface area contributed by atoms with E-state index in [0.29, 0.717) is 13.0 Å². The Balaban J connectivity index is 1.56. The number of rotatable bonds is 3. The molecule has 0 unspecified atom stereocenters. The van der Waals surface area contributed by atoms with E-state index >= 15 is 0 Å². The highest BCUT2D eigenvalue weighted by Crippen LogP contribution is 2.24. The summed E-state index contributed by atoms with van der Waals surface area (Å²) >= 11 is 0. The molecule has 3 rings (SSSR count). The van der Waals surface area contributed by atoms with Crippen molar-refractivity contribution in [1.82, 2.24) is 10.6 Å². The Labute approximate surface area is 143 Å². The molecule has 1 aliphatic heterocycles. The van der Waals surface area contributed by atoms with Crippen molar-refractivity contribution >= 4 is 17.6 Å². The standard InChI is InChI=1S/C19H27N3O2/c1-13-8-9-17(10-14(13)2)22-12-16(11-18(22)23)21-19(24)20-15-6-4-3-5-7-15/h8-10,15-16H,3-7,11-12H2,1-2H3,(H2,20,21,24)/t16-/m1/s1. The van der Waals surface area contributed by atoms with Gasteiger partial charge < -0.3 is 15.5 Å². The number of anilines is 1. The van der Waals surface area contributed by atoms with E-state index in [2.05, 4.69) is 17.6 Å². The molecular weight excluding hydrogens is 302 g/mol. The molecular formula is C19H27N3O2. The first-order valence-electron chi connectivity index (χ1n) is 8.97. The molecule has 1 saturated heterocycles. The predicted molar refractivity (Wildman–Crippen MR) is 95.2 cm³/mol. The van der Waals surface area contributed by atoms with E-state index in [1.807, 2.05) is 25.1 Å². The number of urea groups is 1. The maximum Gasteiger partial charge on any atom is 0.315 e. The lowest BCUT2D eigenvalue weighted by molar-refractivity contribution is -0.117. The van der Waals surface area contributed by atoms with E-state index in [1.165, 1.54) is 30.4 Å². The van der Waals surface area contributed by atoms with Gasteiger partial charge in [-0.15, -0.1) is 0 Å². The minimum atomic E-state index is -0.137. The van der Waals surface area contributed by atoms with Gasteiger partial charge in [0, 0.05) is 24.7 Å². The minimum Gasteiger partial charge on any atom is -0.335 e. The number of nitrogens with one attached hydrogen (secondary N) is 2. The summed E-state index contributed by atoms with van der Waals surface area (Å²) < 4.78 is 0. The highest BCUT2D eigenvalue weighted by Gasteiger charge is 2.32. The Morgan fingerprint density at radius 2 is 1.75 bits per heavy atom. The van der Waals surface area contributed by atoms with E-state index in [-0.39, 0.29) is 24.0 Å². The molecule has 5 nitrogen and oxygen atoms in total. The molecule has 0 aromatic heterocycles. The molecule has 0 spiro atoms. The van der Waals surface area contributed by atoms with Crippen molar-refractivity contribution in [3.8, 4) is 0 Å². The van der Waals surface area contributed by atoms with Crippen molar-refractivity contribution in [2.45, 2.75) is 64.5 Å². The van der Waals surface area contributed by atoms with Gasteiger partial charge in [-0.25, -0.2) is 4.79 Å². The molecule has 0 radical (unpaired) electrons. The first kappa shape index (κ1) is 16.8. The zero-order valence-corrected chi connectivity index (χ0v) is 14.6. The molecule has 1 aliphatic carbocycles. The summed E-state index contributed by atoms with van der Waals surface area (Å²) in [5.74, 6) is 0.0706. The van der Waals surface area contributed by atoms with Crippen molar-refractivity contribution in [3.63, 3.8) is 0 Å². The molecule has 3 amide bonds. The van der Waals surface area contributed by atoms with Crippen LogP contribution in [0.2, 0.25) is 0 Å². The van der Waals surface area contributed by atoms with E-state index < -0.39 is 0 Å². The molecule has 2 N–H and O–H groups in total. The second-order valence-corrected chi connectivity index (χ2v) is 7.13. The Kier molecular flexibility index (Phi) is 5.07. The van der Waals surface area contributed by atoms with Crippen LogP contribution in [0.4, 0.5) is 10.5 Å². The highest BCUT2D eigenvalue weighted by molar-refractivity contribution is 5.96. The molecule has 1 heterocycles. The maximum absolute atomic E-state index is 12.3. The second kappa shape index (κ2) is 7.24. The lowest BCUT2D eigenvalue weighted by atomic mass is 9.96. The third-order valence-electron chi connectivity index (χ3n) is 5.20. The zero-order chi connectivity index (χ0) is 17.1. The Hall–Kier alpha value is -2.04. The second-order valence-electron chi connectivity index (χ2n) is 7.13. The molecule has 1 aromatic carbocycles. The van der Waals surface area contributed by atoms with Gasteiger partial charge in [0.15, 0.2) is 0 Å². The van der Waals surface area contributed by atoms with Crippen molar-refractivity contribution in [1.29, 1.82) is 0 Å². The summed E-state index contributed by atoms with van der Waals surface area (Å²) in [5.41, 5.74) is 3.30. The van der Waals surface area contributed by atoms with Gasteiger partial charge in [-0.3, -0.25) is 4.79 Å². The molecule has 2 fully saturated rings. The molecule has 130 valence electrons. The van der Waals surface area contributed by atoms with Gasteiger partial charge >= 0.3 is 6.03 Å². The first-order chi connectivity index (χ1) is 11.5. The number of carbonyl (C=O) groups is 2. The van der Waals surface area contributed by atoms with Gasteiger partial charge in [-0.2, -0.15) is 0 Å². The van der Waals surface area contributed by atoms with Gasteiger partial charge in [0.1, 0.15) is 0 Å². The Morgan fingerprint density at radius 3 is 2.46 bits per heavy atom. The van der Waals surface area contributed by atoms with E-state index in [1.54, 1.807) is 4.90 Å². The van der Waals surface area contributed by atoms with Crippen LogP contribution >= 0.6 is 0 Å².